The van der Waals surface area contributed by atoms with E-state index in [1.54, 1.807) is 0 Å². The zero-order chi connectivity index (χ0) is 17.8. The third kappa shape index (κ3) is 5.00. The largest absolute Gasteiger partial charge is 0.479 e. The highest BCUT2D eigenvalue weighted by atomic mass is 16.4. The molecule has 0 aliphatic heterocycles. The first-order chi connectivity index (χ1) is 10.6. The monoisotopic (exact) mass is 329 g/mol. The van der Waals surface area contributed by atoms with Crippen LogP contribution in [-0.2, 0) is 14.4 Å². The number of hydrogen-bond donors (Lipinski definition) is 4. The number of aliphatic hydroxyl groups excluding tert-OH is 1. The molecule has 23 heavy (non-hydrogen) atoms. The van der Waals surface area contributed by atoms with Gasteiger partial charge in [-0.05, 0) is 18.8 Å². The van der Waals surface area contributed by atoms with Crippen LogP contribution in [0, 0.1) is 11.8 Å². The van der Waals surface area contributed by atoms with Gasteiger partial charge in [-0.3, -0.25) is 9.59 Å². The summed E-state index contributed by atoms with van der Waals surface area (Å²) in [4.78, 5) is 34.9. The van der Waals surface area contributed by atoms with E-state index in [0.717, 1.165) is 12.8 Å². The predicted molar refractivity (Wildman–Crippen MR) is 82.6 cm³/mol. The predicted octanol–water partition coefficient (Wildman–Crippen LogP) is 0.473. The first-order valence-corrected chi connectivity index (χ1v) is 8.04. The Kier molecular flexibility index (Phi) is 6.70. The fraction of sp³-hybridized carbons (Fsp3) is 0.812. The minimum Gasteiger partial charge on any atom is -0.479 e. The van der Waals surface area contributed by atoms with Crippen LogP contribution in [0.4, 0.5) is 0 Å². The number of carboxylic acid groups (broad SMARTS) is 1. The molecule has 0 aromatic carbocycles. The van der Waals surface area contributed by atoms with Crippen LogP contribution in [0.15, 0.2) is 0 Å². The van der Waals surface area contributed by atoms with E-state index in [0.29, 0.717) is 0 Å². The van der Waals surface area contributed by atoms with Crippen molar-refractivity contribution in [2.24, 2.45) is 11.8 Å². The van der Waals surface area contributed by atoms with Crippen LogP contribution in [0.2, 0.25) is 0 Å². The second kappa shape index (κ2) is 7.88. The molecule has 5 unspecified atom stereocenters. The smallest absolute Gasteiger partial charge is 0.335 e. The maximum absolute atomic E-state index is 12.3. The van der Waals surface area contributed by atoms with Gasteiger partial charge in [-0.2, -0.15) is 0 Å². The number of rotatable bonds is 7. The molecular weight excluding hydrogens is 302 g/mol. The molecule has 5 atom stereocenters. The summed E-state index contributed by atoms with van der Waals surface area (Å²) in [5.74, 6) is -2.62. The lowest BCUT2D eigenvalue weighted by molar-refractivity contribution is -0.171. The van der Waals surface area contributed by atoms with E-state index in [4.69, 9.17) is 0 Å². The number of aliphatic carboxylic acids is 1. The minimum absolute atomic E-state index is 0.0266. The average molecular weight is 329 g/mol. The van der Waals surface area contributed by atoms with Crippen molar-refractivity contribution >= 4 is 17.7 Å². The molecule has 0 aromatic rings. The Morgan fingerprint density at radius 2 is 1.91 bits per heavy atom. The maximum Gasteiger partial charge on any atom is 0.335 e. The van der Waals surface area contributed by atoms with E-state index in [9.17, 15) is 29.7 Å². The van der Waals surface area contributed by atoms with Gasteiger partial charge in [-0.1, -0.05) is 20.3 Å². The third-order valence-corrected chi connectivity index (χ3v) is 4.57. The summed E-state index contributed by atoms with van der Waals surface area (Å²) in [5.41, 5.74) is -2.08. The molecule has 1 aliphatic rings. The van der Waals surface area contributed by atoms with Crippen molar-refractivity contribution < 1.29 is 29.7 Å². The highest BCUT2D eigenvalue weighted by Gasteiger charge is 2.50. The molecule has 0 saturated heterocycles. The van der Waals surface area contributed by atoms with Gasteiger partial charge in [0.2, 0.25) is 5.91 Å². The standard InChI is InChI=1S/C16H27NO6/c1-4-5-9(2)12(19)6-11-7-16(23,15(21)22)8-13(20)14(11)17-10(3)18/h9,11,13-14,20,23H,4-8H2,1-3H3,(H,17,18)(H,21,22). The van der Waals surface area contributed by atoms with Gasteiger partial charge >= 0.3 is 5.97 Å². The Labute approximate surface area is 136 Å². The normalized spacial score (nSPS) is 32.1. The molecule has 4 N–H and O–H groups in total. The van der Waals surface area contributed by atoms with Gasteiger partial charge in [0.25, 0.3) is 0 Å². The lowest BCUT2D eigenvalue weighted by Crippen LogP contribution is -2.59. The number of hydrogen-bond acceptors (Lipinski definition) is 5. The van der Waals surface area contributed by atoms with E-state index in [1.165, 1.54) is 6.92 Å². The van der Waals surface area contributed by atoms with Gasteiger partial charge in [0.1, 0.15) is 5.78 Å². The van der Waals surface area contributed by atoms with Crippen molar-refractivity contribution in [3.05, 3.63) is 0 Å². The molecule has 0 aromatic heterocycles. The maximum atomic E-state index is 12.3. The third-order valence-electron chi connectivity index (χ3n) is 4.57. The minimum atomic E-state index is -2.08. The van der Waals surface area contributed by atoms with E-state index < -0.39 is 29.6 Å². The van der Waals surface area contributed by atoms with Crippen molar-refractivity contribution in [2.45, 2.75) is 70.6 Å². The topological polar surface area (TPSA) is 124 Å². The highest BCUT2D eigenvalue weighted by molar-refractivity contribution is 5.82. The summed E-state index contributed by atoms with van der Waals surface area (Å²) in [5, 5.41) is 32.2. The average Bonchev–Trinajstić information content (AvgIpc) is 2.42. The Bertz CT molecular complexity index is 465. The molecule has 0 radical (unpaired) electrons. The van der Waals surface area contributed by atoms with Gasteiger partial charge in [0.05, 0.1) is 12.1 Å². The summed E-state index contributed by atoms with van der Waals surface area (Å²) < 4.78 is 0. The van der Waals surface area contributed by atoms with Gasteiger partial charge in [-0.15, -0.1) is 0 Å². The van der Waals surface area contributed by atoms with E-state index in [-0.39, 0.29) is 36.9 Å². The number of ketones is 1. The number of carbonyl (C=O) groups excluding carboxylic acids is 2. The van der Waals surface area contributed by atoms with Crippen LogP contribution in [0.3, 0.4) is 0 Å². The Balaban J connectivity index is 2.95. The number of carboxylic acids is 1. The van der Waals surface area contributed by atoms with Crippen molar-refractivity contribution in [3.63, 3.8) is 0 Å². The molecule has 7 heteroatoms. The van der Waals surface area contributed by atoms with Crippen LogP contribution >= 0.6 is 0 Å². The molecule has 132 valence electrons. The van der Waals surface area contributed by atoms with Gasteiger partial charge in [-0.25, -0.2) is 4.79 Å². The lowest BCUT2D eigenvalue weighted by atomic mass is 9.71. The summed E-state index contributed by atoms with van der Waals surface area (Å²) in [6, 6.07) is -0.732. The Morgan fingerprint density at radius 3 is 2.39 bits per heavy atom. The number of amides is 1. The van der Waals surface area contributed by atoms with Crippen LogP contribution in [0.1, 0.15) is 52.9 Å². The molecule has 1 amide bonds. The second-order valence-corrected chi connectivity index (χ2v) is 6.66. The van der Waals surface area contributed by atoms with Crippen LogP contribution in [-0.4, -0.2) is 50.7 Å². The van der Waals surface area contributed by atoms with Gasteiger partial charge in [0, 0.05) is 25.7 Å². The first-order valence-electron chi connectivity index (χ1n) is 8.04. The van der Waals surface area contributed by atoms with Crippen LogP contribution in [0.5, 0.6) is 0 Å². The number of Topliss-reactive ketones (excluding diaryl/α,β-unsaturated/α-hetero) is 1. The molecule has 0 heterocycles. The molecule has 0 spiro atoms. The molecule has 7 nitrogen and oxygen atoms in total. The van der Waals surface area contributed by atoms with Crippen molar-refractivity contribution in [2.75, 3.05) is 0 Å². The molecule has 0 bridgehead atoms. The summed E-state index contributed by atoms with van der Waals surface area (Å²) >= 11 is 0. The summed E-state index contributed by atoms with van der Waals surface area (Å²) in [6.07, 6.45) is -0.153. The Morgan fingerprint density at radius 1 is 1.30 bits per heavy atom. The fourth-order valence-electron chi connectivity index (χ4n) is 3.31. The van der Waals surface area contributed by atoms with Crippen molar-refractivity contribution in [1.82, 2.24) is 5.32 Å². The van der Waals surface area contributed by atoms with Crippen molar-refractivity contribution in [3.8, 4) is 0 Å². The number of nitrogens with one attached hydrogen (secondary N) is 1. The summed E-state index contributed by atoms with van der Waals surface area (Å²) in [6.45, 7) is 5.07. The van der Waals surface area contributed by atoms with Crippen LogP contribution < -0.4 is 5.32 Å². The second-order valence-electron chi connectivity index (χ2n) is 6.66. The Hall–Kier alpha value is -1.47. The molecule has 1 rings (SSSR count). The van der Waals surface area contributed by atoms with E-state index in [1.807, 2.05) is 13.8 Å². The van der Waals surface area contributed by atoms with Crippen LogP contribution in [0.25, 0.3) is 0 Å². The SMILES string of the molecule is CCCC(C)C(=O)CC1CC(O)(C(=O)O)CC(O)C1NC(C)=O. The number of aliphatic hydroxyl groups is 2. The number of carbonyl (C=O) groups is 3. The van der Waals surface area contributed by atoms with E-state index >= 15 is 0 Å². The zero-order valence-electron chi connectivity index (χ0n) is 13.9. The first kappa shape index (κ1) is 19.6. The molecular formula is C16H27NO6. The van der Waals surface area contributed by atoms with E-state index in [2.05, 4.69) is 5.32 Å². The lowest BCUT2D eigenvalue weighted by Gasteiger charge is -2.42. The fourth-order valence-corrected chi connectivity index (χ4v) is 3.31. The molecule has 1 saturated carbocycles. The van der Waals surface area contributed by atoms with Gasteiger partial charge < -0.3 is 20.6 Å². The molecule has 1 fully saturated rings. The highest BCUT2D eigenvalue weighted by Crippen LogP contribution is 2.36. The van der Waals surface area contributed by atoms with Crippen molar-refractivity contribution in [1.29, 1.82) is 0 Å². The van der Waals surface area contributed by atoms with Gasteiger partial charge in [0.15, 0.2) is 5.60 Å². The summed E-state index contributed by atoms with van der Waals surface area (Å²) in [7, 11) is 0. The zero-order valence-corrected chi connectivity index (χ0v) is 13.9. The molecule has 1 aliphatic carbocycles. The quantitative estimate of drug-likeness (QED) is 0.538.